The molecule has 2 aromatic rings. The number of carbonyl (C=O) groups is 3. The van der Waals surface area contributed by atoms with E-state index in [-0.39, 0.29) is 18.9 Å². The van der Waals surface area contributed by atoms with Crippen LogP contribution < -0.4 is 10.2 Å². The highest BCUT2D eigenvalue weighted by atomic mass is 16.5. The van der Waals surface area contributed by atoms with Crippen molar-refractivity contribution in [1.82, 2.24) is 0 Å². The summed E-state index contributed by atoms with van der Waals surface area (Å²) in [6.07, 6.45) is -0.342. The number of hydrogen-bond donors (Lipinski definition) is 1. The maximum Gasteiger partial charge on any atom is 0.315 e. The number of para-hydroxylation sites is 1. The molecule has 0 radical (unpaired) electrons. The van der Waals surface area contributed by atoms with Crippen molar-refractivity contribution in [2.24, 2.45) is 0 Å². The fraction of sp³-hybridized carbons (Fsp3) is 0.211. The van der Waals surface area contributed by atoms with Crippen molar-refractivity contribution in [3.63, 3.8) is 0 Å². The van der Waals surface area contributed by atoms with Gasteiger partial charge in [0.1, 0.15) is 6.42 Å². The van der Waals surface area contributed by atoms with Crippen LogP contribution in [0.5, 0.6) is 0 Å². The van der Waals surface area contributed by atoms with Gasteiger partial charge in [-0.25, -0.2) is 0 Å². The normalized spacial score (nSPS) is 10.0. The molecule has 0 unspecified atom stereocenters. The lowest BCUT2D eigenvalue weighted by molar-refractivity contribution is -0.145. The van der Waals surface area contributed by atoms with Gasteiger partial charge in [-0.3, -0.25) is 14.4 Å². The molecular formula is C19H20N2O4. The molecule has 6 nitrogen and oxygen atoms in total. The van der Waals surface area contributed by atoms with Crippen LogP contribution >= 0.6 is 0 Å². The number of ether oxygens (including phenoxy) is 1. The van der Waals surface area contributed by atoms with Crippen molar-refractivity contribution in [3.05, 3.63) is 60.2 Å². The van der Waals surface area contributed by atoms with Crippen LogP contribution in [0.3, 0.4) is 0 Å². The lowest BCUT2D eigenvalue weighted by Gasteiger charge is -2.17. The highest BCUT2D eigenvalue weighted by Crippen LogP contribution is 2.16. The van der Waals surface area contributed by atoms with Crippen LogP contribution in [0.25, 0.3) is 0 Å². The third-order valence-corrected chi connectivity index (χ3v) is 3.47. The van der Waals surface area contributed by atoms with Gasteiger partial charge in [-0.05, 0) is 43.3 Å². The number of carbonyl (C=O) groups excluding carboxylic acids is 3. The number of hydrogen-bond acceptors (Lipinski definition) is 4. The first kappa shape index (κ1) is 18.2. The summed E-state index contributed by atoms with van der Waals surface area (Å²) in [5, 5.41) is 2.59. The van der Waals surface area contributed by atoms with E-state index in [1.807, 2.05) is 30.3 Å². The maximum absolute atomic E-state index is 12.5. The molecule has 130 valence electrons. The minimum absolute atomic E-state index is 0.157. The Bertz CT molecular complexity index is 742. The summed E-state index contributed by atoms with van der Waals surface area (Å²) >= 11 is 0. The van der Waals surface area contributed by atoms with Crippen LogP contribution in [0, 0.1) is 0 Å². The van der Waals surface area contributed by atoms with Gasteiger partial charge in [-0.15, -0.1) is 0 Å². The zero-order chi connectivity index (χ0) is 18.2. The summed E-state index contributed by atoms with van der Waals surface area (Å²) in [6.45, 7) is 1.91. The summed E-state index contributed by atoms with van der Waals surface area (Å²) in [7, 11) is 1.70. The number of benzene rings is 2. The molecule has 2 rings (SSSR count). The Kier molecular flexibility index (Phi) is 6.28. The highest BCUT2D eigenvalue weighted by molar-refractivity contribution is 6.06. The van der Waals surface area contributed by atoms with E-state index >= 15 is 0 Å². The molecule has 0 aliphatic rings. The van der Waals surface area contributed by atoms with E-state index in [1.165, 1.54) is 0 Å². The number of anilines is 2. The fourth-order valence-electron chi connectivity index (χ4n) is 2.21. The predicted molar refractivity (Wildman–Crippen MR) is 95.5 cm³/mol. The van der Waals surface area contributed by atoms with Gasteiger partial charge in [-0.2, -0.15) is 0 Å². The van der Waals surface area contributed by atoms with E-state index in [0.717, 1.165) is 5.69 Å². The van der Waals surface area contributed by atoms with E-state index in [4.69, 9.17) is 4.74 Å². The molecule has 0 fully saturated rings. The second-order valence-electron chi connectivity index (χ2n) is 5.31. The van der Waals surface area contributed by atoms with Gasteiger partial charge in [-0.1, -0.05) is 18.2 Å². The number of amides is 2. The second kappa shape index (κ2) is 8.63. The zero-order valence-corrected chi connectivity index (χ0v) is 14.2. The van der Waals surface area contributed by atoms with Crippen LogP contribution in [0.15, 0.2) is 54.6 Å². The van der Waals surface area contributed by atoms with E-state index < -0.39 is 11.9 Å². The van der Waals surface area contributed by atoms with Gasteiger partial charge >= 0.3 is 5.97 Å². The molecule has 0 aromatic heterocycles. The zero-order valence-electron chi connectivity index (χ0n) is 14.2. The Hall–Kier alpha value is -3.15. The molecule has 6 heteroatoms. The third-order valence-electron chi connectivity index (χ3n) is 3.47. The van der Waals surface area contributed by atoms with Gasteiger partial charge in [0.05, 0.1) is 6.61 Å². The average molecular weight is 340 g/mol. The molecule has 2 aromatic carbocycles. The van der Waals surface area contributed by atoms with Gasteiger partial charge < -0.3 is 15.0 Å². The largest absolute Gasteiger partial charge is 0.466 e. The molecule has 0 atom stereocenters. The summed E-state index contributed by atoms with van der Waals surface area (Å²) in [4.78, 5) is 37.0. The van der Waals surface area contributed by atoms with Crippen molar-refractivity contribution in [3.8, 4) is 0 Å². The monoisotopic (exact) mass is 340 g/mol. The first-order chi connectivity index (χ1) is 12.0. The Morgan fingerprint density at radius 3 is 2.24 bits per heavy atom. The van der Waals surface area contributed by atoms with Crippen molar-refractivity contribution in [1.29, 1.82) is 0 Å². The molecule has 1 N–H and O–H groups in total. The lowest BCUT2D eigenvalue weighted by atomic mass is 10.1. The SMILES string of the molecule is CCOC(=O)CC(=O)Nc1ccc(C(=O)N(C)c2ccccc2)cc1. The number of rotatable bonds is 6. The summed E-state index contributed by atoms with van der Waals surface area (Å²) in [6, 6.07) is 15.8. The minimum atomic E-state index is -0.573. The third kappa shape index (κ3) is 5.17. The molecule has 0 aliphatic carbocycles. The summed E-state index contributed by atoms with van der Waals surface area (Å²) in [5.74, 6) is -1.19. The lowest BCUT2D eigenvalue weighted by Crippen LogP contribution is -2.26. The molecule has 2 amide bonds. The highest BCUT2D eigenvalue weighted by Gasteiger charge is 2.14. The maximum atomic E-state index is 12.5. The van der Waals surface area contributed by atoms with Crippen LogP contribution in [0.1, 0.15) is 23.7 Å². The standard InChI is InChI=1S/C19H20N2O4/c1-3-25-18(23)13-17(22)20-15-11-9-14(10-12-15)19(24)21(2)16-7-5-4-6-8-16/h4-12H,3,13H2,1-2H3,(H,20,22). The second-order valence-corrected chi connectivity index (χ2v) is 5.31. The molecule has 0 heterocycles. The van der Waals surface area contributed by atoms with Gasteiger partial charge in [0.2, 0.25) is 5.91 Å². The van der Waals surface area contributed by atoms with Crippen molar-refractivity contribution in [2.45, 2.75) is 13.3 Å². The smallest absolute Gasteiger partial charge is 0.315 e. The Labute approximate surface area is 146 Å². The number of nitrogens with zero attached hydrogens (tertiary/aromatic N) is 1. The first-order valence-corrected chi connectivity index (χ1v) is 7.90. The van der Waals surface area contributed by atoms with Crippen LogP contribution in [0.2, 0.25) is 0 Å². The fourth-order valence-corrected chi connectivity index (χ4v) is 2.21. The van der Waals surface area contributed by atoms with Crippen molar-refractivity contribution >= 4 is 29.2 Å². The molecule has 0 saturated carbocycles. The molecule has 0 bridgehead atoms. The average Bonchev–Trinajstić information content (AvgIpc) is 2.62. The Morgan fingerprint density at radius 2 is 1.64 bits per heavy atom. The number of esters is 1. The Balaban J connectivity index is 1.98. The van der Waals surface area contributed by atoms with Gasteiger partial charge in [0, 0.05) is 24.0 Å². The molecule has 25 heavy (non-hydrogen) atoms. The first-order valence-electron chi connectivity index (χ1n) is 7.90. The Morgan fingerprint density at radius 1 is 1.00 bits per heavy atom. The van der Waals surface area contributed by atoms with Gasteiger partial charge in [0.15, 0.2) is 0 Å². The van der Waals surface area contributed by atoms with Gasteiger partial charge in [0.25, 0.3) is 5.91 Å². The van der Waals surface area contributed by atoms with E-state index in [1.54, 1.807) is 43.1 Å². The number of nitrogens with one attached hydrogen (secondary N) is 1. The summed E-state index contributed by atoms with van der Waals surface area (Å²) in [5.41, 5.74) is 1.79. The molecule has 0 spiro atoms. The van der Waals surface area contributed by atoms with E-state index in [9.17, 15) is 14.4 Å². The van der Waals surface area contributed by atoms with Crippen molar-refractivity contribution < 1.29 is 19.1 Å². The predicted octanol–water partition coefficient (Wildman–Crippen LogP) is 2.85. The van der Waals surface area contributed by atoms with Crippen molar-refractivity contribution in [2.75, 3.05) is 23.9 Å². The topological polar surface area (TPSA) is 75.7 Å². The molecule has 0 aliphatic heterocycles. The minimum Gasteiger partial charge on any atom is -0.466 e. The van der Waals surface area contributed by atoms with Crippen LogP contribution in [-0.4, -0.2) is 31.4 Å². The molecule has 0 saturated heterocycles. The van der Waals surface area contributed by atoms with E-state index in [2.05, 4.69) is 5.32 Å². The summed E-state index contributed by atoms with van der Waals surface area (Å²) < 4.78 is 4.72. The van der Waals surface area contributed by atoms with Crippen LogP contribution in [0.4, 0.5) is 11.4 Å². The van der Waals surface area contributed by atoms with Crippen LogP contribution in [-0.2, 0) is 14.3 Å². The quantitative estimate of drug-likeness (QED) is 0.648. The van der Waals surface area contributed by atoms with E-state index in [0.29, 0.717) is 11.3 Å². The molecular weight excluding hydrogens is 320 g/mol.